The van der Waals surface area contributed by atoms with Gasteiger partial charge in [-0.15, -0.1) is 11.3 Å². The van der Waals surface area contributed by atoms with Gasteiger partial charge in [0.05, 0.1) is 44.8 Å². The fraction of sp³-hybridized carbons (Fsp3) is 0.0625. The molecule has 0 aliphatic heterocycles. The Labute approximate surface area is 591 Å². The van der Waals surface area contributed by atoms with Crippen molar-refractivity contribution >= 4 is 54.9 Å². The van der Waals surface area contributed by atoms with E-state index in [1.54, 1.807) is 11.3 Å². The number of ether oxygens (including phenoxy) is 2. The fourth-order valence-electron chi connectivity index (χ4n) is 16.9. The van der Waals surface area contributed by atoms with Gasteiger partial charge < -0.3 is 9.47 Å². The first-order chi connectivity index (χ1) is 50.0. The Morgan fingerprint density at radius 1 is 0.248 bits per heavy atom. The van der Waals surface area contributed by atoms with Gasteiger partial charge in [-0.25, -0.2) is 9.97 Å². The molecule has 0 N–H and O–H groups in total. The SMILES string of the molecule is CCOc1ccc(-c2ccccc2-c2ccc3c4ccc(-c5ccccc5-c5ccc(OCC)cc5)cc4c4nc5c(-c6ccc7c(c6)C(c6ccccc6)(c6ccccc6)c6ccccc6-7)sc(-c6ccc7c(c6)C(c6ccccc6)(c6ccccc6)c6ccccc6-7)c5nc4c3c2)cc1. The van der Waals surface area contributed by atoms with Gasteiger partial charge >= 0.3 is 0 Å². The Bertz CT molecular complexity index is 5630. The summed E-state index contributed by atoms with van der Waals surface area (Å²) in [4.78, 5) is 14.6. The molecule has 4 nitrogen and oxygen atoms in total. The van der Waals surface area contributed by atoms with Gasteiger partial charge in [-0.3, -0.25) is 0 Å². The van der Waals surface area contributed by atoms with Gasteiger partial charge in [-0.1, -0.05) is 291 Å². The van der Waals surface area contributed by atoms with E-state index in [0.29, 0.717) is 13.2 Å². The Morgan fingerprint density at radius 2 is 0.545 bits per heavy atom. The highest BCUT2D eigenvalue weighted by molar-refractivity contribution is 7.20. The molecule has 2 aliphatic carbocycles. The first-order valence-electron chi connectivity index (χ1n) is 35.0. The van der Waals surface area contributed by atoms with Crippen molar-refractivity contribution in [3.63, 3.8) is 0 Å². The van der Waals surface area contributed by atoms with Gasteiger partial charge in [0.15, 0.2) is 0 Å². The molecule has 0 bridgehead atoms. The molecule has 5 heteroatoms. The lowest BCUT2D eigenvalue weighted by Gasteiger charge is -2.34. The second-order valence-electron chi connectivity index (χ2n) is 26.5. The van der Waals surface area contributed by atoms with Gasteiger partial charge in [-0.2, -0.15) is 0 Å². The predicted octanol–water partition coefficient (Wildman–Crippen LogP) is 24.7. The maximum atomic E-state index is 6.25. The smallest absolute Gasteiger partial charge is 0.119 e. The molecule has 19 rings (SSSR count). The maximum Gasteiger partial charge on any atom is 0.119 e. The topological polar surface area (TPSA) is 44.2 Å². The van der Waals surface area contributed by atoms with Crippen LogP contribution < -0.4 is 9.47 Å². The quantitative estimate of drug-likeness (QED) is 0.102. The minimum Gasteiger partial charge on any atom is -0.494 e. The fourth-order valence-corrected chi connectivity index (χ4v) is 18.1. The zero-order valence-corrected chi connectivity index (χ0v) is 56.7. The standard InChI is InChI=1S/C96H66N2O2S/c1-3-99-71-49-41-61(42-50-71)73-33-17-19-35-75(73)63-45-53-77-78-54-46-64(76-36-20-18-34-74(76)62-43-51-72(52-44-62)100-4-2)58-84(78)90-89(83(77)57-63)97-91-92(98-90)94(66-48-56-82-80-38-22-24-40-86(80)96(88(82)60-66,69-29-13-7-14-30-69)70-31-15-8-16-32-70)101-93(91)65-47-55-81-79-37-21-23-39-85(79)95(87(81)59-65,67-25-9-5-10-26-67)68-27-11-6-12-28-68/h5-60H,3-4H2,1-2H3. The number of thiophene rings is 1. The number of hydrogen-bond donors (Lipinski definition) is 0. The molecule has 0 radical (unpaired) electrons. The lowest BCUT2D eigenvalue weighted by atomic mass is 9.67. The number of fused-ring (bicyclic) bond motifs is 13. The Balaban J connectivity index is 0.915. The maximum absolute atomic E-state index is 6.25. The molecule has 2 heterocycles. The molecular formula is C96H66N2O2S. The van der Waals surface area contributed by atoms with Crippen LogP contribution in [0.25, 0.3) is 131 Å². The zero-order chi connectivity index (χ0) is 67.2. The second kappa shape index (κ2) is 24.3. The molecular weight excluding hydrogens is 1250 g/mol. The van der Waals surface area contributed by atoms with Crippen molar-refractivity contribution in [2.24, 2.45) is 0 Å². The van der Waals surface area contributed by atoms with Crippen LogP contribution in [0.3, 0.4) is 0 Å². The summed E-state index contributed by atoms with van der Waals surface area (Å²) in [6, 6.07) is 125. The summed E-state index contributed by atoms with van der Waals surface area (Å²) in [5.41, 5.74) is 28.1. The van der Waals surface area contributed by atoms with Crippen LogP contribution in [0.5, 0.6) is 11.5 Å². The highest BCUT2D eigenvalue weighted by Crippen LogP contribution is 2.60. The molecule has 0 spiro atoms. The zero-order valence-electron chi connectivity index (χ0n) is 55.9. The predicted molar refractivity (Wildman–Crippen MR) is 419 cm³/mol. The normalized spacial score (nSPS) is 13.1. The van der Waals surface area contributed by atoms with Gasteiger partial charge in [-0.05, 0) is 196 Å². The van der Waals surface area contributed by atoms with E-state index < -0.39 is 10.8 Å². The average Bonchev–Trinajstić information content (AvgIpc) is 1.53. The number of nitrogens with zero attached hydrogens (tertiary/aromatic N) is 2. The van der Waals surface area contributed by atoms with Crippen LogP contribution in [0, 0.1) is 0 Å². The van der Waals surface area contributed by atoms with Crippen LogP contribution in [0.1, 0.15) is 58.4 Å². The molecule has 478 valence electrons. The molecule has 0 saturated heterocycles. The van der Waals surface area contributed by atoms with E-state index in [2.05, 4.69) is 340 Å². The number of hydrogen-bond acceptors (Lipinski definition) is 5. The van der Waals surface area contributed by atoms with Crippen molar-refractivity contribution in [1.29, 1.82) is 0 Å². The first-order valence-corrected chi connectivity index (χ1v) is 35.8. The third-order valence-electron chi connectivity index (χ3n) is 21.2. The van der Waals surface area contributed by atoms with E-state index in [1.807, 2.05) is 13.8 Å². The molecule has 101 heavy (non-hydrogen) atoms. The average molecular weight is 1310 g/mol. The molecule has 0 saturated carbocycles. The summed E-state index contributed by atoms with van der Waals surface area (Å²) in [5, 5.41) is 4.27. The van der Waals surface area contributed by atoms with E-state index in [1.165, 1.54) is 66.8 Å². The van der Waals surface area contributed by atoms with Gasteiger partial charge in [0.2, 0.25) is 0 Å². The van der Waals surface area contributed by atoms with E-state index in [9.17, 15) is 0 Å². The monoisotopic (exact) mass is 1310 g/mol. The number of benzene rings is 15. The lowest BCUT2D eigenvalue weighted by molar-refractivity contribution is 0.340. The minimum atomic E-state index is -0.623. The molecule has 0 fully saturated rings. The van der Waals surface area contributed by atoms with Crippen LogP contribution in [0.4, 0.5) is 0 Å². The first kappa shape index (κ1) is 59.9. The third-order valence-corrected chi connectivity index (χ3v) is 22.5. The van der Waals surface area contributed by atoms with Crippen molar-refractivity contribution in [3.05, 3.63) is 384 Å². The summed E-state index contributed by atoms with van der Waals surface area (Å²) < 4.78 is 11.9. The summed E-state index contributed by atoms with van der Waals surface area (Å²) in [6.07, 6.45) is 0. The molecule has 0 unspecified atom stereocenters. The largest absolute Gasteiger partial charge is 0.494 e. The molecule has 0 atom stereocenters. The van der Waals surface area contributed by atoms with Crippen LogP contribution >= 0.6 is 11.3 Å². The Hall–Kier alpha value is -12.3. The van der Waals surface area contributed by atoms with E-state index >= 15 is 0 Å². The van der Waals surface area contributed by atoms with Crippen LogP contribution in [-0.4, -0.2) is 23.2 Å². The number of rotatable bonds is 14. The third kappa shape index (κ3) is 9.41. The number of aromatic nitrogens is 2. The lowest BCUT2D eigenvalue weighted by Crippen LogP contribution is -2.28. The molecule has 15 aromatic carbocycles. The van der Waals surface area contributed by atoms with Gasteiger partial charge in [0.25, 0.3) is 0 Å². The Morgan fingerprint density at radius 3 is 0.901 bits per heavy atom. The molecule has 2 aromatic heterocycles. The highest BCUT2D eigenvalue weighted by atomic mass is 32.1. The minimum absolute atomic E-state index is 0.607. The van der Waals surface area contributed by atoms with E-state index in [4.69, 9.17) is 19.4 Å². The molecule has 17 aromatic rings. The van der Waals surface area contributed by atoms with Crippen LogP contribution in [-0.2, 0) is 10.8 Å². The highest BCUT2D eigenvalue weighted by Gasteiger charge is 2.48. The van der Waals surface area contributed by atoms with E-state index in [0.717, 1.165) is 120 Å². The van der Waals surface area contributed by atoms with Crippen LogP contribution in [0.15, 0.2) is 340 Å². The van der Waals surface area contributed by atoms with Crippen molar-refractivity contribution < 1.29 is 9.47 Å². The van der Waals surface area contributed by atoms with Crippen molar-refractivity contribution in [2.75, 3.05) is 13.2 Å². The summed E-state index contributed by atoms with van der Waals surface area (Å²) in [7, 11) is 0. The van der Waals surface area contributed by atoms with E-state index in [-0.39, 0.29) is 0 Å². The molecule has 0 amide bonds. The van der Waals surface area contributed by atoms with Gasteiger partial charge in [0, 0.05) is 10.8 Å². The Kier molecular flexibility index (Phi) is 14.4. The van der Waals surface area contributed by atoms with Crippen molar-refractivity contribution in [1.82, 2.24) is 9.97 Å². The van der Waals surface area contributed by atoms with Crippen molar-refractivity contribution in [3.8, 4) is 99.1 Å². The molecule has 2 aliphatic rings. The van der Waals surface area contributed by atoms with Gasteiger partial charge in [0.1, 0.15) is 22.5 Å². The summed E-state index contributed by atoms with van der Waals surface area (Å²) in [6.45, 7) is 5.26. The van der Waals surface area contributed by atoms with Crippen molar-refractivity contribution in [2.45, 2.75) is 24.7 Å². The van der Waals surface area contributed by atoms with Crippen LogP contribution in [0.2, 0.25) is 0 Å². The summed E-state index contributed by atoms with van der Waals surface area (Å²) in [5.74, 6) is 1.71. The summed E-state index contributed by atoms with van der Waals surface area (Å²) >= 11 is 1.81. The second-order valence-corrected chi connectivity index (χ2v) is 27.5.